The molecular weight excluding hydrogens is 420 g/mol. The van der Waals surface area contributed by atoms with Crippen LogP contribution in [0.1, 0.15) is 22.3 Å². The van der Waals surface area contributed by atoms with E-state index in [1.165, 1.54) is 0 Å². The zero-order chi connectivity index (χ0) is 22.2. The highest BCUT2D eigenvalue weighted by Crippen LogP contribution is 2.26. The maximum atomic E-state index is 13.8. The van der Waals surface area contributed by atoms with E-state index in [1.54, 1.807) is 0 Å². The first kappa shape index (κ1) is 22.5. The van der Waals surface area contributed by atoms with E-state index in [4.69, 9.17) is 16.3 Å². The van der Waals surface area contributed by atoms with Gasteiger partial charge in [0.05, 0.1) is 13.2 Å². The monoisotopic (exact) mass is 448 g/mol. The summed E-state index contributed by atoms with van der Waals surface area (Å²) in [5.41, 5.74) is 3.68. The van der Waals surface area contributed by atoms with Gasteiger partial charge >= 0.3 is 0 Å². The van der Waals surface area contributed by atoms with E-state index in [0.717, 1.165) is 61.5 Å². The molecule has 1 saturated heterocycles. The maximum Gasteiger partial charge on any atom is 0.254 e. The van der Waals surface area contributed by atoms with Crippen LogP contribution in [0.4, 0.5) is 0 Å². The van der Waals surface area contributed by atoms with Crippen LogP contribution >= 0.6 is 11.6 Å². The Morgan fingerprint density at radius 1 is 0.906 bits per heavy atom. The summed E-state index contributed by atoms with van der Waals surface area (Å²) in [6.45, 7) is 5.59. The zero-order valence-electron chi connectivity index (χ0n) is 18.3. The quantitative estimate of drug-likeness (QED) is 0.464. The van der Waals surface area contributed by atoms with Crippen LogP contribution in [-0.2, 0) is 11.3 Å². The number of carbonyl (C=O) groups excluding carboxylic acids is 1. The number of hydrogen-bond donors (Lipinski definition) is 0. The van der Waals surface area contributed by atoms with Gasteiger partial charge in [0, 0.05) is 43.3 Å². The van der Waals surface area contributed by atoms with Crippen LogP contribution in [0.3, 0.4) is 0 Å². The lowest BCUT2D eigenvalue weighted by molar-refractivity contribution is 0.0355. The number of carbonyl (C=O) groups is 1. The molecule has 1 heterocycles. The third-order valence-electron chi connectivity index (χ3n) is 5.85. The van der Waals surface area contributed by atoms with Crippen LogP contribution in [0.5, 0.6) is 0 Å². The SMILES string of the molecule is O=C(c1ccccc1-c1ccccc1)N(CCCN1CCOCC1)Cc1ccccc1Cl. The molecule has 0 spiro atoms. The molecule has 0 unspecified atom stereocenters. The van der Waals surface area contributed by atoms with Gasteiger partial charge in [-0.1, -0.05) is 78.3 Å². The molecule has 4 rings (SSSR count). The minimum Gasteiger partial charge on any atom is -0.379 e. The Labute approximate surface area is 195 Å². The molecular formula is C27H29ClN2O2. The third kappa shape index (κ3) is 5.77. The molecule has 0 aliphatic carbocycles. The summed E-state index contributed by atoms with van der Waals surface area (Å²) in [4.78, 5) is 18.1. The van der Waals surface area contributed by atoms with Crippen molar-refractivity contribution in [2.75, 3.05) is 39.4 Å². The summed E-state index contributed by atoms with van der Waals surface area (Å²) < 4.78 is 5.45. The summed E-state index contributed by atoms with van der Waals surface area (Å²) in [5, 5.41) is 0.690. The molecule has 3 aromatic rings. The number of hydrogen-bond acceptors (Lipinski definition) is 3. The molecule has 166 valence electrons. The lowest BCUT2D eigenvalue weighted by atomic mass is 9.98. The molecule has 1 aliphatic heterocycles. The van der Waals surface area contributed by atoms with Gasteiger partial charge < -0.3 is 9.64 Å². The minimum atomic E-state index is 0.0337. The first-order chi connectivity index (χ1) is 15.7. The lowest BCUT2D eigenvalue weighted by Gasteiger charge is -2.29. The number of ether oxygens (including phenoxy) is 1. The average molecular weight is 449 g/mol. The predicted octanol–water partition coefficient (Wildman–Crippen LogP) is 5.37. The van der Waals surface area contributed by atoms with Crippen LogP contribution < -0.4 is 0 Å². The Morgan fingerprint density at radius 2 is 1.59 bits per heavy atom. The molecule has 32 heavy (non-hydrogen) atoms. The second-order valence-electron chi connectivity index (χ2n) is 8.04. The van der Waals surface area contributed by atoms with Crippen molar-refractivity contribution < 1.29 is 9.53 Å². The summed E-state index contributed by atoms with van der Waals surface area (Å²) in [6, 6.07) is 25.7. The molecule has 0 bridgehead atoms. The van der Waals surface area contributed by atoms with Crippen molar-refractivity contribution in [2.24, 2.45) is 0 Å². The number of halogens is 1. The molecule has 1 aliphatic rings. The zero-order valence-corrected chi connectivity index (χ0v) is 19.0. The van der Waals surface area contributed by atoms with E-state index >= 15 is 0 Å². The van der Waals surface area contributed by atoms with E-state index in [0.29, 0.717) is 18.1 Å². The second kappa shape index (κ2) is 11.3. The molecule has 3 aromatic carbocycles. The van der Waals surface area contributed by atoms with Gasteiger partial charge in [0.15, 0.2) is 0 Å². The molecule has 0 N–H and O–H groups in total. The molecule has 1 amide bonds. The van der Waals surface area contributed by atoms with Gasteiger partial charge in [-0.3, -0.25) is 9.69 Å². The molecule has 0 saturated carbocycles. The summed E-state index contributed by atoms with van der Waals surface area (Å²) in [6.07, 6.45) is 0.906. The number of benzene rings is 3. The van der Waals surface area contributed by atoms with Gasteiger partial charge in [0.1, 0.15) is 0 Å². The molecule has 4 nitrogen and oxygen atoms in total. The van der Waals surface area contributed by atoms with Crippen molar-refractivity contribution in [3.05, 3.63) is 95.0 Å². The Balaban J connectivity index is 1.56. The van der Waals surface area contributed by atoms with Crippen LogP contribution in [0.25, 0.3) is 11.1 Å². The number of rotatable bonds is 8. The smallest absolute Gasteiger partial charge is 0.254 e. The van der Waals surface area contributed by atoms with Gasteiger partial charge in [0.2, 0.25) is 0 Å². The van der Waals surface area contributed by atoms with E-state index in [9.17, 15) is 4.79 Å². The number of nitrogens with zero attached hydrogens (tertiary/aromatic N) is 2. The number of morpholine rings is 1. The van der Waals surface area contributed by atoms with E-state index < -0.39 is 0 Å². The molecule has 1 fully saturated rings. The highest BCUT2D eigenvalue weighted by atomic mass is 35.5. The Hall–Kier alpha value is -2.66. The molecule has 0 atom stereocenters. The van der Waals surface area contributed by atoms with E-state index in [1.807, 2.05) is 83.8 Å². The maximum absolute atomic E-state index is 13.8. The summed E-state index contributed by atoms with van der Waals surface area (Å²) in [5.74, 6) is 0.0337. The highest BCUT2D eigenvalue weighted by molar-refractivity contribution is 6.31. The van der Waals surface area contributed by atoms with Gasteiger partial charge in [0.25, 0.3) is 5.91 Å². The lowest BCUT2D eigenvalue weighted by Crippen LogP contribution is -2.39. The van der Waals surface area contributed by atoms with E-state index in [-0.39, 0.29) is 5.91 Å². The highest BCUT2D eigenvalue weighted by Gasteiger charge is 2.21. The van der Waals surface area contributed by atoms with Crippen LogP contribution in [-0.4, -0.2) is 55.1 Å². The van der Waals surface area contributed by atoms with Gasteiger partial charge in [-0.15, -0.1) is 0 Å². The molecule has 5 heteroatoms. The Bertz CT molecular complexity index is 1020. The Morgan fingerprint density at radius 3 is 2.38 bits per heavy atom. The topological polar surface area (TPSA) is 32.8 Å². The average Bonchev–Trinajstić information content (AvgIpc) is 2.85. The van der Waals surface area contributed by atoms with Crippen molar-refractivity contribution in [3.8, 4) is 11.1 Å². The fourth-order valence-electron chi connectivity index (χ4n) is 4.10. The van der Waals surface area contributed by atoms with Crippen molar-refractivity contribution in [1.82, 2.24) is 9.80 Å². The predicted molar refractivity (Wildman–Crippen MR) is 130 cm³/mol. The number of amides is 1. The first-order valence-corrected chi connectivity index (χ1v) is 11.6. The molecule has 0 aromatic heterocycles. The first-order valence-electron chi connectivity index (χ1n) is 11.2. The van der Waals surface area contributed by atoms with Crippen molar-refractivity contribution in [1.29, 1.82) is 0 Å². The van der Waals surface area contributed by atoms with Crippen LogP contribution in [0.2, 0.25) is 5.02 Å². The second-order valence-corrected chi connectivity index (χ2v) is 8.44. The standard InChI is InChI=1S/C27H29ClN2O2/c28-26-14-7-4-11-23(26)21-30(16-8-15-29-17-19-32-20-18-29)27(31)25-13-6-5-12-24(25)22-9-2-1-3-10-22/h1-7,9-14H,8,15-21H2. The van der Waals surface area contributed by atoms with Crippen LogP contribution in [0.15, 0.2) is 78.9 Å². The van der Waals surface area contributed by atoms with Gasteiger partial charge in [-0.05, 0) is 35.2 Å². The van der Waals surface area contributed by atoms with Crippen LogP contribution in [0, 0.1) is 0 Å². The fourth-order valence-corrected chi connectivity index (χ4v) is 4.30. The summed E-state index contributed by atoms with van der Waals surface area (Å²) >= 11 is 6.44. The minimum absolute atomic E-state index is 0.0337. The normalized spacial score (nSPS) is 14.3. The largest absolute Gasteiger partial charge is 0.379 e. The van der Waals surface area contributed by atoms with Gasteiger partial charge in [-0.25, -0.2) is 0 Å². The fraction of sp³-hybridized carbons (Fsp3) is 0.296. The van der Waals surface area contributed by atoms with Crippen molar-refractivity contribution >= 4 is 17.5 Å². The van der Waals surface area contributed by atoms with Crippen molar-refractivity contribution in [3.63, 3.8) is 0 Å². The molecule has 0 radical (unpaired) electrons. The van der Waals surface area contributed by atoms with Gasteiger partial charge in [-0.2, -0.15) is 0 Å². The summed E-state index contributed by atoms with van der Waals surface area (Å²) in [7, 11) is 0. The van der Waals surface area contributed by atoms with E-state index in [2.05, 4.69) is 4.90 Å². The third-order valence-corrected chi connectivity index (χ3v) is 6.22. The Kier molecular flexibility index (Phi) is 7.94. The van der Waals surface area contributed by atoms with Crippen molar-refractivity contribution in [2.45, 2.75) is 13.0 Å².